The number of aliphatic hydroxyl groups excluding tert-OH is 1. The van der Waals surface area contributed by atoms with Crippen LogP contribution in [0.2, 0.25) is 0 Å². The Labute approximate surface area is 102 Å². The zero-order chi connectivity index (χ0) is 12.1. The maximum atomic E-state index is 11.3. The molecule has 1 rings (SSSR count). The maximum Gasteiger partial charge on any atom is 0.325 e. The Morgan fingerprint density at radius 1 is 1.69 bits per heavy atom. The number of halogens is 1. The Bertz CT molecular complexity index is 356. The highest BCUT2D eigenvalue weighted by atomic mass is 79.9. The molecular formula is C10H13BrN2O3. The van der Waals surface area contributed by atoms with Gasteiger partial charge in [-0.2, -0.15) is 0 Å². The molecule has 0 aromatic carbocycles. The van der Waals surface area contributed by atoms with Gasteiger partial charge in [0.25, 0.3) is 0 Å². The molecule has 3 N–H and O–H groups in total. The lowest BCUT2D eigenvalue weighted by atomic mass is 10.1. The Balaban J connectivity index is 2.73. The van der Waals surface area contributed by atoms with Gasteiger partial charge in [-0.05, 0) is 28.9 Å². The van der Waals surface area contributed by atoms with Gasteiger partial charge in [0, 0.05) is 11.8 Å². The van der Waals surface area contributed by atoms with E-state index in [9.17, 15) is 9.90 Å². The molecule has 0 aliphatic rings. The van der Waals surface area contributed by atoms with E-state index in [0.717, 1.165) is 0 Å². The highest BCUT2D eigenvalue weighted by molar-refractivity contribution is 9.10. The van der Waals surface area contributed by atoms with Gasteiger partial charge in [0.05, 0.1) is 6.61 Å². The minimum atomic E-state index is -1.11. The molecule has 0 spiro atoms. The second kappa shape index (κ2) is 5.93. The van der Waals surface area contributed by atoms with Crippen LogP contribution in [-0.4, -0.2) is 28.7 Å². The summed E-state index contributed by atoms with van der Waals surface area (Å²) in [6, 6.07) is 2.21. The van der Waals surface area contributed by atoms with E-state index in [2.05, 4.69) is 20.9 Å². The Morgan fingerprint density at radius 2 is 2.38 bits per heavy atom. The molecule has 0 saturated carbocycles. The van der Waals surface area contributed by atoms with Gasteiger partial charge in [-0.3, -0.25) is 4.79 Å². The first kappa shape index (κ1) is 13.1. The number of esters is 1. The number of rotatable bonds is 4. The summed E-state index contributed by atoms with van der Waals surface area (Å²) in [7, 11) is 0. The smallest absolute Gasteiger partial charge is 0.325 e. The molecule has 0 saturated heterocycles. The van der Waals surface area contributed by atoms with Crippen LogP contribution in [0, 0.1) is 0 Å². The Hall–Kier alpha value is -0.980. The molecule has 2 atom stereocenters. The number of aliphatic hydroxyl groups is 1. The lowest BCUT2D eigenvalue weighted by molar-refractivity contribution is -0.147. The van der Waals surface area contributed by atoms with Gasteiger partial charge in [-0.1, -0.05) is 6.07 Å². The van der Waals surface area contributed by atoms with Crippen molar-refractivity contribution in [2.75, 3.05) is 6.61 Å². The first-order valence-corrected chi connectivity index (χ1v) is 5.57. The SMILES string of the molecule is CCOC(=O)[C@@H](N)[C@H](O)c1ccc(Br)nc1. The average Bonchev–Trinajstić information content (AvgIpc) is 2.28. The second-order valence-corrected chi connectivity index (χ2v) is 3.95. The van der Waals surface area contributed by atoms with Crippen LogP contribution < -0.4 is 5.73 Å². The lowest BCUT2D eigenvalue weighted by Crippen LogP contribution is -2.38. The number of hydrogen-bond donors (Lipinski definition) is 2. The Kier molecular flexibility index (Phi) is 4.85. The number of ether oxygens (including phenoxy) is 1. The predicted octanol–water partition coefficient (Wildman–Crippen LogP) is 0.768. The summed E-state index contributed by atoms with van der Waals surface area (Å²) in [5.74, 6) is -0.627. The van der Waals surface area contributed by atoms with Gasteiger partial charge in [0.1, 0.15) is 16.7 Å². The van der Waals surface area contributed by atoms with Crippen molar-refractivity contribution in [3.8, 4) is 0 Å². The minimum absolute atomic E-state index is 0.234. The minimum Gasteiger partial charge on any atom is -0.465 e. The van der Waals surface area contributed by atoms with E-state index in [1.54, 1.807) is 19.1 Å². The van der Waals surface area contributed by atoms with Crippen LogP contribution in [0.4, 0.5) is 0 Å². The molecule has 0 bridgehead atoms. The largest absolute Gasteiger partial charge is 0.465 e. The van der Waals surface area contributed by atoms with Crippen LogP contribution in [-0.2, 0) is 9.53 Å². The van der Waals surface area contributed by atoms with Gasteiger partial charge in [-0.15, -0.1) is 0 Å². The number of carbonyl (C=O) groups is 1. The molecule has 1 aromatic heterocycles. The number of nitrogens with two attached hydrogens (primary N) is 1. The summed E-state index contributed by atoms with van der Waals surface area (Å²) < 4.78 is 5.36. The van der Waals surface area contributed by atoms with E-state index in [1.165, 1.54) is 6.20 Å². The van der Waals surface area contributed by atoms with Crippen molar-refractivity contribution in [3.63, 3.8) is 0 Å². The molecule has 0 aliphatic heterocycles. The fraction of sp³-hybridized carbons (Fsp3) is 0.400. The van der Waals surface area contributed by atoms with Crippen LogP contribution >= 0.6 is 15.9 Å². The lowest BCUT2D eigenvalue weighted by Gasteiger charge is -2.17. The molecule has 0 fully saturated rings. The number of carbonyl (C=O) groups excluding carboxylic acids is 1. The fourth-order valence-corrected chi connectivity index (χ4v) is 1.37. The summed E-state index contributed by atoms with van der Waals surface area (Å²) in [5.41, 5.74) is 6.03. The van der Waals surface area contributed by atoms with Crippen molar-refractivity contribution in [1.29, 1.82) is 0 Å². The summed E-state index contributed by atoms with van der Waals surface area (Å²) in [6.45, 7) is 1.91. The molecule has 5 nitrogen and oxygen atoms in total. The topological polar surface area (TPSA) is 85.4 Å². The van der Waals surface area contributed by atoms with Gasteiger partial charge < -0.3 is 15.6 Å². The number of hydrogen-bond acceptors (Lipinski definition) is 5. The molecule has 0 unspecified atom stereocenters. The van der Waals surface area contributed by atoms with Crippen molar-refractivity contribution in [1.82, 2.24) is 4.98 Å². The van der Waals surface area contributed by atoms with E-state index in [0.29, 0.717) is 10.2 Å². The molecule has 0 radical (unpaired) electrons. The summed E-state index contributed by atoms with van der Waals surface area (Å²) in [4.78, 5) is 15.2. The van der Waals surface area contributed by atoms with Crippen LogP contribution in [0.5, 0.6) is 0 Å². The van der Waals surface area contributed by atoms with Crippen molar-refractivity contribution < 1.29 is 14.6 Å². The standard InChI is InChI=1S/C10H13BrN2O3/c1-2-16-10(15)8(12)9(14)6-3-4-7(11)13-5-6/h3-5,8-9,14H,2,12H2,1H3/t8-,9+/m0/s1. The van der Waals surface area contributed by atoms with Crippen molar-refractivity contribution >= 4 is 21.9 Å². The summed E-state index contributed by atoms with van der Waals surface area (Å²) >= 11 is 3.17. The number of nitrogens with zero attached hydrogens (tertiary/aromatic N) is 1. The quantitative estimate of drug-likeness (QED) is 0.631. The maximum absolute atomic E-state index is 11.3. The molecule has 0 aliphatic carbocycles. The molecular weight excluding hydrogens is 276 g/mol. The summed E-state index contributed by atoms with van der Waals surface area (Å²) in [6.07, 6.45) is 0.341. The van der Waals surface area contributed by atoms with Crippen LogP contribution in [0.15, 0.2) is 22.9 Å². The first-order valence-electron chi connectivity index (χ1n) is 4.78. The van der Waals surface area contributed by atoms with E-state index >= 15 is 0 Å². The molecule has 16 heavy (non-hydrogen) atoms. The second-order valence-electron chi connectivity index (χ2n) is 3.14. The van der Waals surface area contributed by atoms with Gasteiger partial charge in [0.2, 0.25) is 0 Å². The van der Waals surface area contributed by atoms with Crippen LogP contribution in [0.3, 0.4) is 0 Å². The van der Waals surface area contributed by atoms with Gasteiger partial charge in [0.15, 0.2) is 0 Å². The van der Waals surface area contributed by atoms with E-state index in [4.69, 9.17) is 10.5 Å². The normalized spacial score (nSPS) is 14.2. The van der Waals surface area contributed by atoms with E-state index in [-0.39, 0.29) is 6.61 Å². The predicted molar refractivity (Wildman–Crippen MR) is 61.5 cm³/mol. The highest BCUT2D eigenvalue weighted by Crippen LogP contribution is 2.17. The fourth-order valence-electron chi connectivity index (χ4n) is 1.14. The first-order chi connectivity index (χ1) is 7.56. The molecule has 1 heterocycles. The van der Waals surface area contributed by atoms with Crippen LogP contribution in [0.1, 0.15) is 18.6 Å². The van der Waals surface area contributed by atoms with Crippen molar-refractivity contribution in [3.05, 3.63) is 28.5 Å². The zero-order valence-electron chi connectivity index (χ0n) is 8.76. The Morgan fingerprint density at radius 3 is 2.88 bits per heavy atom. The third-order valence-corrected chi connectivity index (χ3v) is 2.46. The summed E-state index contributed by atoms with van der Waals surface area (Å²) in [5, 5.41) is 9.80. The number of aromatic nitrogens is 1. The van der Waals surface area contributed by atoms with E-state index < -0.39 is 18.1 Å². The van der Waals surface area contributed by atoms with E-state index in [1.807, 2.05) is 0 Å². The van der Waals surface area contributed by atoms with Gasteiger partial charge >= 0.3 is 5.97 Å². The third-order valence-electron chi connectivity index (χ3n) is 1.99. The van der Waals surface area contributed by atoms with Crippen molar-refractivity contribution in [2.24, 2.45) is 5.73 Å². The average molecular weight is 289 g/mol. The molecule has 1 aromatic rings. The molecule has 6 heteroatoms. The highest BCUT2D eigenvalue weighted by Gasteiger charge is 2.25. The third kappa shape index (κ3) is 3.26. The molecule has 0 amide bonds. The van der Waals surface area contributed by atoms with Gasteiger partial charge in [-0.25, -0.2) is 4.98 Å². The van der Waals surface area contributed by atoms with Crippen LogP contribution in [0.25, 0.3) is 0 Å². The monoisotopic (exact) mass is 288 g/mol. The van der Waals surface area contributed by atoms with Crippen molar-refractivity contribution in [2.45, 2.75) is 19.1 Å². The number of pyridine rings is 1. The zero-order valence-corrected chi connectivity index (χ0v) is 10.3. The molecule has 88 valence electrons.